The Morgan fingerprint density at radius 1 is 1.27 bits per heavy atom. The summed E-state index contributed by atoms with van der Waals surface area (Å²) < 4.78 is 0. The topological polar surface area (TPSA) is 32.3 Å². The number of anilines is 1. The third kappa shape index (κ3) is 1.86. The Morgan fingerprint density at radius 2 is 1.93 bits per heavy atom. The molecule has 2 heteroatoms. The molecule has 0 bridgehead atoms. The van der Waals surface area contributed by atoms with E-state index in [0.29, 0.717) is 6.54 Å². The molecule has 1 heterocycles. The average molecular weight is 205 g/mol. The number of aliphatic hydroxyl groups is 1. The van der Waals surface area contributed by atoms with Crippen LogP contribution in [0.4, 0.5) is 5.69 Å². The number of fused-ring (bicyclic) bond motifs is 1. The Hall–Kier alpha value is -1.02. The van der Waals surface area contributed by atoms with E-state index >= 15 is 0 Å². The van der Waals surface area contributed by atoms with Crippen molar-refractivity contribution in [1.29, 1.82) is 0 Å². The quantitative estimate of drug-likeness (QED) is 0.775. The molecule has 0 aromatic heterocycles. The minimum absolute atomic E-state index is 0.227. The van der Waals surface area contributed by atoms with Crippen molar-refractivity contribution in [3.63, 3.8) is 0 Å². The lowest BCUT2D eigenvalue weighted by Crippen LogP contribution is -2.29. The first kappa shape index (κ1) is 10.5. The van der Waals surface area contributed by atoms with Crippen LogP contribution < -0.4 is 5.32 Å². The van der Waals surface area contributed by atoms with Gasteiger partial charge in [0.2, 0.25) is 0 Å². The van der Waals surface area contributed by atoms with Crippen LogP contribution >= 0.6 is 0 Å². The largest absolute Gasteiger partial charge is 0.391 e. The van der Waals surface area contributed by atoms with E-state index in [1.807, 2.05) is 0 Å². The molecule has 0 amide bonds. The fraction of sp³-hybridized carbons (Fsp3) is 0.538. The second kappa shape index (κ2) is 4.23. The molecular formula is C13H19NO. The molecule has 0 aliphatic carbocycles. The molecule has 0 fully saturated rings. The van der Waals surface area contributed by atoms with Crippen molar-refractivity contribution in [2.45, 2.75) is 39.2 Å². The van der Waals surface area contributed by atoms with E-state index in [0.717, 1.165) is 19.3 Å². The summed E-state index contributed by atoms with van der Waals surface area (Å²) in [6.07, 6.45) is 2.67. The fourth-order valence-corrected chi connectivity index (χ4v) is 2.35. The zero-order valence-corrected chi connectivity index (χ0v) is 9.51. The van der Waals surface area contributed by atoms with E-state index in [-0.39, 0.29) is 6.10 Å². The Balaban J connectivity index is 2.48. The Labute approximate surface area is 91.3 Å². The number of benzene rings is 1. The summed E-state index contributed by atoms with van der Waals surface area (Å²) in [6.45, 7) is 5.03. The standard InChI is InChI=1S/C13H19NO/c1-3-9-5-6-10(4-2)13-12(9)7-11(15)8-14-13/h5-6,11,14-15H,3-4,7-8H2,1-2H3. The predicted octanol–water partition coefficient (Wildman–Crippen LogP) is 2.14. The van der Waals surface area contributed by atoms with E-state index in [9.17, 15) is 5.11 Å². The van der Waals surface area contributed by atoms with Gasteiger partial charge in [-0.2, -0.15) is 0 Å². The zero-order chi connectivity index (χ0) is 10.8. The normalized spacial score (nSPS) is 19.5. The Bertz CT molecular complexity index is 360. The Kier molecular flexibility index (Phi) is 2.96. The lowest BCUT2D eigenvalue weighted by atomic mass is 9.91. The highest BCUT2D eigenvalue weighted by Crippen LogP contribution is 2.30. The average Bonchev–Trinajstić information content (AvgIpc) is 2.27. The van der Waals surface area contributed by atoms with Gasteiger partial charge in [-0.05, 0) is 29.5 Å². The summed E-state index contributed by atoms with van der Waals surface area (Å²) in [6, 6.07) is 4.42. The maximum Gasteiger partial charge on any atom is 0.0753 e. The van der Waals surface area contributed by atoms with Crippen molar-refractivity contribution < 1.29 is 5.11 Å². The van der Waals surface area contributed by atoms with Gasteiger partial charge in [0.25, 0.3) is 0 Å². The lowest BCUT2D eigenvalue weighted by Gasteiger charge is -2.27. The molecule has 2 rings (SSSR count). The number of hydrogen-bond acceptors (Lipinski definition) is 2. The highest BCUT2D eigenvalue weighted by Gasteiger charge is 2.20. The lowest BCUT2D eigenvalue weighted by molar-refractivity contribution is 0.184. The number of nitrogens with one attached hydrogen (secondary N) is 1. The van der Waals surface area contributed by atoms with Gasteiger partial charge in [0.05, 0.1) is 6.10 Å². The van der Waals surface area contributed by atoms with Gasteiger partial charge in [0.15, 0.2) is 0 Å². The van der Waals surface area contributed by atoms with Crippen LogP contribution in [-0.4, -0.2) is 17.8 Å². The zero-order valence-electron chi connectivity index (χ0n) is 9.51. The van der Waals surface area contributed by atoms with Gasteiger partial charge in [0.1, 0.15) is 0 Å². The van der Waals surface area contributed by atoms with Crippen molar-refractivity contribution in [3.8, 4) is 0 Å². The summed E-state index contributed by atoms with van der Waals surface area (Å²) in [4.78, 5) is 0. The molecule has 2 N–H and O–H groups in total. The van der Waals surface area contributed by atoms with Crippen molar-refractivity contribution >= 4 is 5.69 Å². The minimum Gasteiger partial charge on any atom is -0.391 e. The fourth-order valence-electron chi connectivity index (χ4n) is 2.35. The van der Waals surface area contributed by atoms with Crippen molar-refractivity contribution in [1.82, 2.24) is 0 Å². The van der Waals surface area contributed by atoms with Crippen LogP contribution in [-0.2, 0) is 19.3 Å². The monoisotopic (exact) mass is 205 g/mol. The van der Waals surface area contributed by atoms with Crippen LogP contribution in [0, 0.1) is 0 Å². The van der Waals surface area contributed by atoms with Gasteiger partial charge < -0.3 is 10.4 Å². The van der Waals surface area contributed by atoms with Crippen LogP contribution in [0.3, 0.4) is 0 Å². The summed E-state index contributed by atoms with van der Waals surface area (Å²) >= 11 is 0. The second-order valence-corrected chi connectivity index (χ2v) is 4.18. The summed E-state index contributed by atoms with van der Waals surface area (Å²) in [5.74, 6) is 0. The van der Waals surface area contributed by atoms with Gasteiger partial charge in [-0.15, -0.1) is 0 Å². The number of hydrogen-bond donors (Lipinski definition) is 2. The van der Waals surface area contributed by atoms with E-state index in [1.165, 1.54) is 22.4 Å². The molecule has 0 radical (unpaired) electrons. The molecule has 82 valence electrons. The van der Waals surface area contributed by atoms with Gasteiger partial charge in [0, 0.05) is 18.7 Å². The molecule has 15 heavy (non-hydrogen) atoms. The summed E-state index contributed by atoms with van der Waals surface area (Å²) in [5.41, 5.74) is 5.35. The van der Waals surface area contributed by atoms with Crippen LogP contribution in [0.25, 0.3) is 0 Å². The van der Waals surface area contributed by atoms with Gasteiger partial charge in [-0.1, -0.05) is 26.0 Å². The van der Waals surface area contributed by atoms with Gasteiger partial charge in [-0.3, -0.25) is 0 Å². The van der Waals surface area contributed by atoms with E-state index in [2.05, 4.69) is 31.3 Å². The van der Waals surface area contributed by atoms with Crippen molar-refractivity contribution in [2.24, 2.45) is 0 Å². The first-order valence-corrected chi connectivity index (χ1v) is 5.81. The first-order chi connectivity index (χ1) is 7.26. The number of aliphatic hydroxyl groups excluding tert-OH is 1. The highest BCUT2D eigenvalue weighted by molar-refractivity contribution is 5.62. The van der Waals surface area contributed by atoms with Crippen molar-refractivity contribution in [2.75, 3.05) is 11.9 Å². The smallest absolute Gasteiger partial charge is 0.0753 e. The van der Waals surface area contributed by atoms with E-state index in [4.69, 9.17) is 0 Å². The highest BCUT2D eigenvalue weighted by atomic mass is 16.3. The molecule has 0 spiro atoms. The molecule has 2 nitrogen and oxygen atoms in total. The molecule has 0 saturated carbocycles. The van der Waals surface area contributed by atoms with E-state index < -0.39 is 0 Å². The molecule has 1 aliphatic heterocycles. The third-order valence-electron chi connectivity index (χ3n) is 3.21. The van der Waals surface area contributed by atoms with Gasteiger partial charge in [-0.25, -0.2) is 0 Å². The van der Waals surface area contributed by atoms with Crippen LogP contribution in [0.1, 0.15) is 30.5 Å². The SMILES string of the molecule is CCc1ccc(CC)c2c1CC(O)CN2. The first-order valence-electron chi connectivity index (χ1n) is 5.81. The van der Waals surface area contributed by atoms with E-state index in [1.54, 1.807) is 0 Å². The molecule has 1 aliphatic rings. The van der Waals surface area contributed by atoms with Crippen LogP contribution in [0.15, 0.2) is 12.1 Å². The molecule has 1 unspecified atom stereocenters. The number of aryl methyl sites for hydroxylation is 2. The van der Waals surface area contributed by atoms with Crippen LogP contribution in [0.5, 0.6) is 0 Å². The van der Waals surface area contributed by atoms with Gasteiger partial charge >= 0.3 is 0 Å². The van der Waals surface area contributed by atoms with Crippen LogP contribution in [0.2, 0.25) is 0 Å². The second-order valence-electron chi connectivity index (χ2n) is 4.18. The number of rotatable bonds is 2. The molecule has 1 aromatic carbocycles. The predicted molar refractivity (Wildman–Crippen MR) is 63.4 cm³/mol. The molecule has 1 atom stereocenters. The Morgan fingerprint density at radius 3 is 2.60 bits per heavy atom. The number of β-amino-alcohol motifs (C(OH)–C–C–N with tert-alkyl or cyclic N) is 1. The minimum atomic E-state index is -0.227. The maximum atomic E-state index is 9.68. The third-order valence-corrected chi connectivity index (χ3v) is 3.21. The molecule has 0 saturated heterocycles. The maximum absolute atomic E-state index is 9.68. The summed E-state index contributed by atoms with van der Waals surface area (Å²) in [7, 11) is 0. The molecular weight excluding hydrogens is 186 g/mol. The molecule has 1 aromatic rings. The van der Waals surface area contributed by atoms with Crippen molar-refractivity contribution in [3.05, 3.63) is 28.8 Å². The summed E-state index contributed by atoms with van der Waals surface area (Å²) in [5, 5.41) is 13.0.